The van der Waals surface area contributed by atoms with Crippen molar-refractivity contribution in [3.63, 3.8) is 0 Å². The Hall–Kier alpha value is -0.0400. The van der Waals surface area contributed by atoms with Crippen LogP contribution in [0.1, 0.15) is 26.7 Å². The minimum Gasteiger partial charge on any atom is -0.0797 e. The average Bonchev–Trinajstić information content (AvgIpc) is 2.04. The van der Waals surface area contributed by atoms with Gasteiger partial charge in [0.2, 0.25) is 0 Å². The Labute approximate surface area is 77.5 Å². The quantitative estimate of drug-likeness (QED) is 0.655. The third-order valence-corrected chi connectivity index (χ3v) is 2.90. The Balaban J connectivity index is 2.66. The van der Waals surface area contributed by atoms with Crippen molar-refractivity contribution in [1.29, 1.82) is 0 Å². The van der Waals surface area contributed by atoms with Crippen molar-refractivity contribution in [2.24, 2.45) is 11.8 Å². The van der Waals surface area contributed by atoms with E-state index in [9.17, 15) is 0 Å². The normalized spacial score (nSPS) is 30.3. The molecule has 0 nitrogen and oxygen atoms in total. The fraction of sp³-hybridized carbons (Fsp3) is 0.600. The Bertz CT molecular complexity index is 179. The van der Waals surface area contributed by atoms with Gasteiger partial charge >= 0.3 is 0 Å². The van der Waals surface area contributed by atoms with Crippen LogP contribution in [0.15, 0.2) is 22.7 Å². The van der Waals surface area contributed by atoms with Crippen molar-refractivity contribution in [2.45, 2.75) is 26.7 Å². The molecule has 1 rings (SSSR count). The first kappa shape index (κ1) is 9.05. The van der Waals surface area contributed by atoms with Crippen LogP contribution in [0.4, 0.5) is 0 Å². The highest BCUT2D eigenvalue weighted by molar-refractivity contribution is 9.11. The summed E-state index contributed by atoms with van der Waals surface area (Å²) in [7, 11) is 0. The molecule has 0 radical (unpaired) electrons. The smallest absolute Gasteiger partial charge is 0.0135 e. The summed E-state index contributed by atoms with van der Waals surface area (Å²) in [5, 5.41) is 0. The summed E-state index contributed by atoms with van der Waals surface area (Å²) in [4.78, 5) is 0. The summed E-state index contributed by atoms with van der Waals surface area (Å²) in [6.07, 6.45) is 9.32. The van der Waals surface area contributed by atoms with Gasteiger partial charge in [0.15, 0.2) is 0 Å². The molecule has 0 saturated heterocycles. The highest BCUT2D eigenvalue weighted by Crippen LogP contribution is 2.29. The van der Waals surface area contributed by atoms with E-state index in [4.69, 9.17) is 0 Å². The molecule has 0 fully saturated rings. The second-order valence-corrected chi connectivity index (χ2v) is 3.97. The van der Waals surface area contributed by atoms with Gasteiger partial charge in [-0.05, 0) is 24.7 Å². The standard InChI is InChI=1S/C10H15Br/c1-3-8-5-6-10(11)7-9(8)4-2/h5-9H,3-4H2,1-2H3. The van der Waals surface area contributed by atoms with Gasteiger partial charge in [-0.3, -0.25) is 0 Å². The lowest BCUT2D eigenvalue weighted by Gasteiger charge is -2.22. The zero-order chi connectivity index (χ0) is 8.27. The van der Waals surface area contributed by atoms with Crippen LogP contribution >= 0.6 is 15.9 Å². The van der Waals surface area contributed by atoms with E-state index in [1.807, 2.05) is 0 Å². The van der Waals surface area contributed by atoms with Crippen molar-refractivity contribution in [1.82, 2.24) is 0 Å². The summed E-state index contributed by atoms with van der Waals surface area (Å²) in [5.41, 5.74) is 0. The Kier molecular flexibility index (Phi) is 3.38. The molecule has 0 N–H and O–H groups in total. The summed E-state index contributed by atoms with van der Waals surface area (Å²) >= 11 is 3.50. The maximum Gasteiger partial charge on any atom is 0.0135 e. The second kappa shape index (κ2) is 4.10. The van der Waals surface area contributed by atoms with E-state index < -0.39 is 0 Å². The molecule has 1 heteroatoms. The van der Waals surface area contributed by atoms with Crippen molar-refractivity contribution in [2.75, 3.05) is 0 Å². The van der Waals surface area contributed by atoms with Crippen LogP contribution in [0.3, 0.4) is 0 Å². The average molecular weight is 215 g/mol. The molecule has 2 unspecified atom stereocenters. The molecule has 0 aromatic carbocycles. The van der Waals surface area contributed by atoms with Crippen LogP contribution in [0.25, 0.3) is 0 Å². The predicted octanol–water partition coefficient (Wildman–Crippen LogP) is 3.89. The first-order chi connectivity index (χ1) is 5.27. The van der Waals surface area contributed by atoms with Gasteiger partial charge in [-0.15, -0.1) is 0 Å². The van der Waals surface area contributed by atoms with Crippen LogP contribution in [-0.2, 0) is 0 Å². The van der Waals surface area contributed by atoms with Gasteiger partial charge in [0, 0.05) is 4.48 Å². The third-order valence-electron chi connectivity index (χ3n) is 2.37. The van der Waals surface area contributed by atoms with E-state index in [1.54, 1.807) is 0 Å². The summed E-state index contributed by atoms with van der Waals surface area (Å²) in [6.45, 7) is 4.51. The topological polar surface area (TPSA) is 0 Å². The molecule has 1 aliphatic rings. The summed E-state index contributed by atoms with van der Waals surface area (Å²) < 4.78 is 1.24. The molecule has 11 heavy (non-hydrogen) atoms. The zero-order valence-electron chi connectivity index (χ0n) is 7.18. The van der Waals surface area contributed by atoms with Gasteiger partial charge < -0.3 is 0 Å². The molecule has 0 amide bonds. The molecule has 1 aliphatic carbocycles. The minimum absolute atomic E-state index is 0.749. The third kappa shape index (κ3) is 2.19. The van der Waals surface area contributed by atoms with Gasteiger partial charge in [-0.25, -0.2) is 0 Å². The molecule has 0 spiro atoms. The zero-order valence-corrected chi connectivity index (χ0v) is 8.76. The molecule has 0 aromatic heterocycles. The highest BCUT2D eigenvalue weighted by Gasteiger charge is 2.16. The molecular weight excluding hydrogens is 200 g/mol. The molecule has 62 valence electrons. The lowest BCUT2D eigenvalue weighted by atomic mass is 9.85. The van der Waals surface area contributed by atoms with Gasteiger partial charge in [-0.2, -0.15) is 0 Å². The van der Waals surface area contributed by atoms with Crippen LogP contribution in [0.5, 0.6) is 0 Å². The fourth-order valence-electron chi connectivity index (χ4n) is 1.60. The van der Waals surface area contributed by atoms with Crippen molar-refractivity contribution < 1.29 is 0 Å². The first-order valence-corrected chi connectivity index (χ1v) is 5.12. The van der Waals surface area contributed by atoms with Gasteiger partial charge in [0.05, 0.1) is 0 Å². The fourth-order valence-corrected chi connectivity index (χ4v) is 2.09. The largest absolute Gasteiger partial charge is 0.0797 e. The number of hydrogen-bond donors (Lipinski definition) is 0. The molecule has 0 aromatic rings. The highest BCUT2D eigenvalue weighted by atomic mass is 79.9. The van der Waals surface area contributed by atoms with Gasteiger partial charge in [-0.1, -0.05) is 48.0 Å². The number of halogens is 1. The molecule has 0 heterocycles. The molecule has 0 bridgehead atoms. The Morgan fingerprint density at radius 3 is 2.45 bits per heavy atom. The van der Waals surface area contributed by atoms with Crippen molar-refractivity contribution in [3.05, 3.63) is 22.7 Å². The molecule has 0 saturated carbocycles. The van der Waals surface area contributed by atoms with Crippen molar-refractivity contribution in [3.8, 4) is 0 Å². The maximum atomic E-state index is 3.50. The predicted molar refractivity (Wildman–Crippen MR) is 53.7 cm³/mol. The Morgan fingerprint density at radius 2 is 1.91 bits per heavy atom. The monoisotopic (exact) mass is 214 g/mol. The lowest BCUT2D eigenvalue weighted by Crippen LogP contribution is -2.11. The first-order valence-electron chi connectivity index (χ1n) is 4.33. The number of hydrogen-bond acceptors (Lipinski definition) is 0. The van der Waals surface area contributed by atoms with E-state index in [1.165, 1.54) is 17.3 Å². The van der Waals surface area contributed by atoms with Crippen LogP contribution in [-0.4, -0.2) is 0 Å². The van der Waals surface area contributed by atoms with Crippen LogP contribution in [0.2, 0.25) is 0 Å². The SMILES string of the molecule is CCC1C=CC(Br)=CC1CC. The van der Waals surface area contributed by atoms with Crippen molar-refractivity contribution >= 4 is 15.9 Å². The minimum atomic E-state index is 0.749. The molecular formula is C10H15Br. The van der Waals surface area contributed by atoms with Crippen LogP contribution < -0.4 is 0 Å². The van der Waals surface area contributed by atoms with E-state index in [2.05, 4.69) is 48.0 Å². The number of allylic oxidation sites excluding steroid dienone is 4. The second-order valence-electron chi connectivity index (χ2n) is 3.05. The molecule has 2 atom stereocenters. The lowest BCUT2D eigenvalue weighted by molar-refractivity contribution is 0.444. The summed E-state index contributed by atoms with van der Waals surface area (Å²) in [5.74, 6) is 1.51. The van der Waals surface area contributed by atoms with Gasteiger partial charge in [0.25, 0.3) is 0 Å². The number of rotatable bonds is 2. The summed E-state index contributed by atoms with van der Waals surface area (Å²) in [6, 6.07) is 0. The van der Waals surface area contributed by atoms with E-state index >= 15 is 0 Å². The Morgan fingerprint density at radius 1 is 1.27 bits per heavy atom. The van der Waals surface area contributed by atoms with E-state index in [0.717, 1.165) is 11.8 Å². The van der Waals surface area contributed by atoms with E-state index in [-0.39, 0.29) is 0 Å². The van der Waals surface area contributed by atoms with Crippen LogP contribution in [0, 0.1) is 11.8 Å². The van der Waals surface area contributed by atoms with E-state index in [0.29, 0.717) is 0 Å². The van der Waals surface area contributed by atoms with Gasteiger partial charge in [0.1, 0.15) is 0 Å². The molecule has 0 aliphatic heterocycles. The maximum absolute atomic E-state index is 3.50.